The van der Waals surface area contributed by atoms with Gasteiger partial charge in [-0.3, -0.25) is 0 Å². The number of nitrogens with zero attached hydrogens (tertiary/aromatic N) is 1. The lowest BCUT2D eigenvalue weighted by atomic mass is 9.91. The van der Waals surface area contributed by atoms with Gasteiger partial charge in [0.05, 0.1) is 18.2 Å². The molecule has 0 saturated heterocycles. The molecule has 0 aromatic heterocycles. The summed E-state index contributed by atoms with van der Waals surface area (Å²) in [4.78, 5) is 0. The average molecular weight is 552 g/mol. The molecule has 0 saturated carbocycles. The minimum absolute atomic E-state index is 0.313. The molecule has 0 bridgehead atoms. The molecule has 1 aliphatic carbocycles. The Morgan fingerprint density at radius 1 is 1.05 bits per heavy atom. The van der Waals surface area contributed by atoms with E-state index in [-0.39, 0.29) is 6.10 Å². The van der Waals surface area contributed by atoms with Gasteiger partial charge in [-0.2, -0.15) is 5.26 Å². The van der Waals surface area contributed by atoms with Gasteiger partial charge in [-0.1, -0.05) is 111 Å². The topological polar surface area (TPSA) is 33.0 Å². The van der Waals surface area contributed by atoms with Crippen molar-refractivity contribution < 1.29 is 4.74 Å². The molecule has 0 amide bonds. The van der Waals surface area contributed by atoms with Crippen molar-refractivity contribution in [2.45, 2.75) is 72.8 Å². The Morgan fingerprint density at radius 3 is 2.52 bits per heavy atom. The van der Waals surface area contributed by atoms with Crippen molar-refractivity contribution in [3.8, 4) is 17.2 Å². The maximum atomic E-state index is 9.92. The van der Waals surface area contributed by atoms with Crippen LogP contribution in [0.2, 0.25) is 0 Å². The number of aryl methyl sites for hydroxylation is 1. The van der Waals surface area contributed by atoms with Crippen LogP contribution in [0.15, 0.2) is 112 Å². The second-order valence-electron chi connectivity index (χ2n) is 10.1. The molecule has 1 atom stereocenters. The first kappa shape index (κ1) is 31.2. The molecule has 0 fully saturated rings. The molecule has 0 radical (unpaired) electrons. The van der Waals surface area contributed by atoms with E-state index in [1.54, 1.807) is 0 Å². The molecular formula is C37H42ClNO. The number of halogens is 1. The maximum Gasteiger partial charge on any atom is 0.108 e. The van der Waals surface area contributed by atoms with E-state index in [0.29, 0.717) is 12.2 Å². The standard InChI is InChI=1S/C37H42ClNO/c1-6-10-11-12-13-17-30(8-3)37(40-26-29-21-28(7-2)22-31(9-4)36(38)23-29)32-19-20-33(25-39)35(24-32)34-18-15-14-16-27(34)5/h8,11-21,23-24,37H,6-7,9-10,22,26H2,1-5H3/b12-11+,17-13-,30-8+. The van der Waals surface area contributed by atoms with Gasteiger partial charge >= 0.3 is 0 Å². The summed E-state index contributed by atoms with van der Waals surface area (Å²) in [5.74, 6) is 0. The molecule has 0 N–H and O–H groups in total. The first-order chi connectivity index (χ1) is 19.4. The Hall–Kier alpha value is -3.38. The third kappa shape index (κ3) is 8.31. The number of hydrogen-bond acceptors (Lipinski definition) is 2. The van der Waals surface area contributed by atoms with E-state index in [2.05, 4.69) is 94.5 Å². The molecule has 3 rings (SSSR count). The zero-order valence-electron chi connectivity index (χ0n) is 24.6. The molecule has 2 aromatic rings. The van der Waals surface area contributed by atoms with Crippen molar-refractivity contribution in [2.24, 2.45) is 0 Å². The molecule has 0 heterocycles. The predicted octanol–water partition coefficient (Wildman–Crippen LogP) is 11.0. The van der Waals surface area contributed by atoms with Crippen molar-refractivity contribution in [3.05, 3.63) is 129 Å². The summed E-state index contributed by atoms with van der Waals surface area (Å²) in [6.07, 6.45) is 19.6. The Labute approximate surface area is 246 Å². The molecule has 0 aliphatic heterocycles. The van der Waals surface area contributed by atoms with E-state index in [9.17, 15) is 5.26 Å². The second-order valence-corrected chi connectivity index (χ2v) is 10.6. The zero-order valence-corrected chi connectivity index (χ0v) is 25.4. The van der Waals surface area contributed by atoms with Gasteiger partial charge in [-0.25, -0.2) is 0 Å². The third-order valence-corrected chi connectivity index (χ3v) is 7.68. The minimum Gasteiger partial charge on any atom is -0.364 e. The van der Waals surface area contributed by atoms with E-state index < -0.39 is 0 Å². The third-order valence-electron chi connectivity index (χ3n) is 7.31. The fourth-order valence-electron chi connectivity index (χ4n) is 4.91. The fourth-order valence-corrected chi connectivity index (χ4v) is 5.25. The number of ether oxygens (including phenoxy) is 1. The number of rotatable bonds is 12. The normalized spacial score (nSPS) is 15.3. The monoisotopic (exact) mass is 551 g/mol. The summed E-state index contributed by atoms with van der Waals surface area (Å²) in [7, 11) is 0. The minimum atomic E-state index is -0.313. The largest absolute Gasteiger partial charge is 0.364 e. The van der Waals surface area contributed by atoms with Crippen LogP contribution < -0.4 is 0 Å². The van der Waals surface area contributed by atoms with Crippen LogP contribution in [0.4, 0.5) is 0 Å². The highest BCUT2D eigenvalue weighted by Gasteiger charge is 2.20. The molecule has 40 heavy (non-hydrogen) atoms. The summed E-state index contributed by atoms with van der Waals surface area (Å²) in [5.41, 5.74) is 9.56. The van der Waals surface area contributed by atoms with Gasteiger partial charge in [0.1, 0.15) is 6.10 Å². The number of unbranched alkanes of at least 4 members (excludes halogenated alkanes) is 1. The summed E-state index contributed by atoms with van der Waals surface area (Å²) in [5, 5.41) is 10.7. The highest BCUT2D eigenvalue weighted by molar-refractivity contribution is 6.31. The van der Waals surface area contributed by atoms with Crippen molar-refractivity contribution in [1.82, 2.24) is 0 Å². The molecule has 2 nitrogen and oxygen atoms in total. The highest BCUT2D eigenvalue weighted by Crippen LogP contribution is 2.35. The van der Waals surface area contributed by atoms with Crippen LogP contribution in [0.3, 0.4) is 0 Å². The van der Waals surface area contributed by atoms with Crippen LogP contribution in [0.25, 0.3) is 11.1 Å². The number of hydrogen-bond donors (Lipinski definition) is 0. The molecule has 3 heteroatoms. The van der Waals surface area contributed by atoms with Crippen LogP contribution in [0, 0.1) is 18.3 Å². The molecular weight excluding hydrogens is 510 g/mol. The Morgan fingerprint density at radius 2 is 1.85 bits per heavy atom. The average Bonchev–Trinajstić information content (AvgIpc) is 3.13. The van der Waals surface area contributed by atoms with E-state index in [1.165, 1.54) is 11.1 Å². The van der Waals surface area contributed by atoms with Gasteiger partial charge in [0.15, 0.2) is 0 Å². The zero-order chi connectivity index (χ0) is 28.9. The van der Waals surface area contributed by atoms with Gasteiger partial charge < -0.3 is 4.74 Å². The van der Waals surface area contributed by atoms with Crippen LogP contribution in [-0.2, 0) is 4.74 Å². The van der Waals surface area contributed by atoms with Crippen LogP contribution >= 0.6 is 11.6 Å². The summed E-state index contributed by atoms with van der Waals surface area (Å²) < 4.78 is 6.74. The van der Waals surface area contributed by atoms with Crippen LogP contribution in [0.5, 0.6) is 0 Å². The summed E-state index contributed by atoms with van der Waals surface area (Å²) in [6, 6.07) is 16.6. The first-order valence-electron chi connectivity index (χ1n) is 14.4. The van der Waals surface area contributed by atoms with Crippen LogP contribution in [-0.4, -0.2) is 6.61 Å². The molecule has 2 aromatic carbocycles. The SMILES string of the molecule is C\C=C(/C=C\C=C\CCC)C(OCC1=CC(Cl)=C(CC)CC(CC)=C1)c1ccc(C#N)c(-c2ccccc2C)c1. The van der Waals surface area contributed by atoms with E-state index in [0.717, 1.165) is 70.5 Å². The predicted molar refractivity (Wildman–Crippen MR) is 171 cm³/mol. The number of allylic oxidation sites excluding steroid dienone is 8. The lowest BCUT2D eigenvalue weighted by Crippen LogP contribution is -2.10. The van der Waals surface area contributed by atoms with Gasteiger partial charge in [-0.05, 0) is 91.1 Å². The summed E-state index contributed by atoms with van der Waals surface area (Å²) in [6.45, 7) is 11.1. The Kier molecular flexibility index (Phi) is 12.5. The Balaban J connectivity index is 2.06. The molecule has 0 spiro atoms. The van der Waals surface area contributed by atoms with E-state index >= 15 is 0 Å². The van der Waals surface area contributed by atoms with Crippen molar-refractivity contribution in [2.75, 3.05) is 6.61 Å². The molecule has 208 valence electrons. The van der Waals surface area contributed by atoms with Gasteiger partial charge in [0.25, 0.3) is 0 Å². The first-order valence-corrected chi connectivity index (χ1v) is 14.8. The maximum absolute atomic E-state index is 9.92. The summed E-state index contributed by atoms with van der Waals surface area (Å²) >= 11 is 6.73. The van der Waals surface area contributed by atoms with Gasteiger partial charge in [0.2, 0.25) is 0 Å². The Bertz CT molecular complexity index is 1390. The molecule has 1 unspecified atom stereocenters. The lowest BCUT2D eigenvalue weighted by molar-refractivity contribution is 0.0998. The van der Waals surface area contributed by atoms with E-state index in [4.69, 9.17) is 16.3 Å². The van der Waals surface area contributed by atoms with Gasteiger partial charge in [0, 0.05) is 10.6 Å². The number of nitriles is 1. The fraction of sp³-hybridized carbons (Fsp3) is 0.324. The highest BCUT2D eigenvalue weighted by atomic mass is 35.5. The van der Waals surface area contributed by atoms with E-state index in [1.807, 2.05) is 31.2 Å². The van der Waals surface area contributed by atoms with Crippen molar-refractivity contribution in [3.63, 3.8) is 0 Å². The number of benzene rings is 2. The smallest absolute Gasteiger partial charge is 0.108 e. The quantitative estimate of drug-likeness (QED) is 0.246. The molecule has 1 aliphatic rings. The van der Waals surface area contributed by atoms with Crippen molar-refractivity contribution in [1.29, 1.82) is 5.26 Å². The lowest BCUT2D eigenvalue weighted by Gasteiger charge is -2.22. The van der Waals surface area contributed by atoms with Crippen molar-refractivity contribution >= 4 is 11.6 Å². The van der Waals surface area contributed by atoms with Crippen LogP contribution in [0.1, 0.15) is 82.6 Å². The second kappa shape index (κ2) is 16.0. The van der Waals surface area contributed by atoms with Gasteiger partial charge in [-0.15, -0.1) is 0 Å².